The summed E-state index contributed by atoms with van der Waals surface area (Å²) in [5.74, 6) is 0. The molecule has 0 aromatic rings. The van der Waals surface area contributed by atoms with Gasteiger partial charge in [0.1, 0.15) is 0 Å². The van der Waals surface area contributed by atoms with Gasteiger partial charge in [-0.15, -0.1) is 0 Å². The van der Waals surface area contributed by atoms with Gasteiger partial charge < -0.3 is 0 Å². The standard InChI is InChI=1S/C24H48/c1-3-5-7-9-11-13-15-17-19-21-23-24-22-20-18-16-14-12-10-8-6-4-2/h19,21H,3-18,20,22-24H2,1-2H3. The van der Waals surface area contributed by atoms with Crippen LogP contribution in [0.5, 0.6) is 0 Å². The number of hydrogen-bond donors (Lipinski definition) is 0. The molecule has 24 heavy (non-hydrogen) atoms. The van der Waals surface area contributed by atoms with Crippen LogP contribution in [0.25, 0.3) is 0 Å². The van der Waals surface area contributed by atoms with Gasteiger partial charge in [0.15, 0.2) is 0 Å². The third-order valence-electron chi connectivity index (χ3n) is 5.12. The SMILES string of the molecule is CCCCCCCCCC=CCCCCCCCCCCCCC. The molecule has 0 amide bonds. The molecule has 0 spiro atoms. The zero-order valence-corrected chi connectivity index (χ0v) is 17.3. The Labute approximate surface area is 154 Å². The first-order valence-corrected chi connectivity index (χ1v) is 11.6. The second kappa shape index (κ2) is 22.7. The Hall–Kier alpha value is -0.260. The van der Waals surface area contributed by atoms with E-state index < -0.39 is 0 Å². The highest BCUT2D eigenvalue weighted by molar-refractivity contribution is 4.81. The van der Waals surface area contributed by atoms with E-state index in [9.17, 15) is 0 Å². The maximum atomic E-state index is 2.44. The van der Waals surface area contributed by atoms with Crippen LogP contribution in [0.3, 0.4) is 0 Å². The van der Waals surface area contributed by atoms with Crippen molar-refractivity contribution < 1.29 is 0 Å². The largest absolute Gasteiger partial charge is 0.0885 e. The molecular formula is C24H48. The molecule has 0 bridgehead atoms. The number of unbranched alkanes of at least 4 members (excludes halogenated alkanes) is 18. The Morgan fingerprint density at radius 2 is 0.583 bits per heavy atom. The van der Waals surface area contributed by atoms with Gasteiger partial charge in [-0.3, -0.25) is 0 Å². The average molecular weight is 337 g/mol. The Morgan fingerprint density at radius 3 is 0.875 bits per heavy atom. The number of hydrogen-bond acceptors (Lipinski definition) is 0. The maximum Gasteiger partial charge on any atom is -0.0351 e. The molecule has 0 aliphatic carbocycles. The third-order valence-corrected chi connectivity index (χ3v) is 5.12. The molecule has 0 radical (unpaired) electrons. The Balaban J connectivity index is 3.03. The minimum Gasteiger partial charge on any atom is -0.0885 e. The van der Waals surface area contributed by atoms with Crippen molar-refractivity contribution in [2.45, 2.75) is 142 Å². The highest BCUT2D eigenvalue weighted by Gasteiger charge is 1.93. The predicted molar refractivity (Wildman–Crippen MR) is 113 cm³/mol. The van der Waals surface area contributed by atoms with Crippen LogP contribution in [0.1, 0.15) is 142 Å². The highest BCUT2D eigenvalue weighted by atomic mass is 14.0. The first-order chi connectivity index (χ1) is 11.9. The molecule has 0 rings (SSSR count). The summed E-state index contributed by atoms with van der Waals surface area (Å²) in [5.41, 5.74) is 0. The van der Waals surface area contributed by atoms with Crippen molar-refractivity contribution in [3.05, 3.63) is 12.2 Å². The van der Waals surface area contributed by atoms with E-state index in [2.05, 4.69) is 26.0 Å². The second-order valence-electron chi connectivity index (χ2n) is 7.71. The van der Waals surface area contributed by atoms with E-state index >= 15 is 0 Å². The molecule has 0 saturated heterocycles. The zero-order valence-electron chi connectivity index (χ0n) is 17.3. The minimum atomic E-state index is 1.31. The van der Waals surface area contributed by atoms with Crippen LogP contribution in [0, 0.1) is 0 Å². The molecule has 0 aromatic carbocycles. The summed E-state index contributed by atoms with van der Waals surface area (Å²) in [4.78, 5) is 0. The van der Waals surface area contributed by atoms with Crippen molar-refractivity contribution in [1.29, 1.82) is 0 Å². The van der Waals surface area contributed by atoms with Crippen molar-refractivity contribution in [3.8, 4) is 0 Å². The quantitative estimate of drug-likeness (QED) is 0.153. The first-order valence-electron chi connectivity index (χ1n) is 11.6. The monoisotopic (exact) mass is 336 g/mol. The lowest BCUT2D eigenvalue weighted by Gasteiger charge is -2.01. The highest BCUT2D eigenvalue weighted by Crippen LogP contribution is 2.12. The van der Waals surface area contributed by atoms with Gasteiger partial charge >= 0.3 is 0 Å². The van der Waals surface area contributed by atoms with Gasteiger partial charge in [-0.05, 0) is 25.7 Å². The third kappa shape index (κ3) is 21.7. The van der Waals surface area contributed by atoms with Gasteiger partial charge in [-0.2, -0.15) is 0 Å². The molecule has 0 saturated carbocycles. The van der Waals surface area contributed by atoms with Crippen LogP contribution in [-0.2, 0) is 0 Å². The molecule has 0 fully saturated rings. The van der Waals surface area contributed by atoms with E-state index in [4.69, 9.17) is 0 Å². The van der Waals surface area contributed by atoms with Crippen LogP contribution >= 0.6 is 0 Å². The van der Waals surface area contributed by atoms with E-state index in [1.165, 1.54) is 128 Å². The minimum absolute atomic E-state index is 1.31. The van der Waals surface area contributed by atoms with E-state index in [1.54, 1.807) is 0 Å². The van der Waals surface area contributed by atoms with Crippen LogP contribution in [-0.4, -0.2) is 0 Å². The maximum absolute atomic E-state index is 2.44. The van der Waals surface area contributed by atoms with Crippen molar-refractivity contribution >= 4 is 0 Å². The van der Waals surface area contributed by atoms with Crippen LogP contribution in [0.15, 0.2) is 12.2 Å². The topological polar surface area (TPSA) is 0 Å². The second-order valence-corrected chi connectivity index (χ2v) is 7.71. The average Bonchev–Trinajstić information content (AvgIpc) is 2.60. The summed E-state index contributed by atoms with van der Waals surface area (Å²) < 4.78 is 0. The fourth-order valence-electron chi connectivity index (χ4n) is 3.38. The summed E-state index contributed by atoms with van der Waals surface area (Å²) in [6.45, 7) is 4.59. The summed E-state index contributed by atoms with van der Waals surface area (Å²) in [6, 6.07) is 0. The van der Waals surface area contributed by atoms with E-state index in [0.717, 1.165) is 0 Å². The normalized spacial score (nSPS) is 11.6. The summed E-state index contributed by atoms with van der Waals surface area (Å²) in [5, 5.41) is 0. The Morgan fingerprint density at radius 1 is 0.333 bits per heavy atom. The van der Waals surface area contributed by atoms with Crippen LogP contribution < -0.4 is 0 Å². The van der Waals surface area contributed by atoms with Gasteiger partial charge in [-0.25, -0.2) is 0 Å². The molecule has 0 aromatic heterocycles. The molecule has 0 atom stereocenters. The van der Waals surface area contributed by atoms with Crippen molar-refractivity contribution in [3.63, 3.8) is 0 Å². The van der Waals surface area contributed by atoms with Gasteiger partial charge in [0, 0.05) is 0 Å². The van der Waals surface area contributed by atoms with Gasteiger partial charge in [0.05, 0.1) is 0 Å². The molecular weight excluding hydrogens is 288 g/mol. The van der Waals surface area contributed by atoms with Gasteiger partial charge in [0.25, 0.3) is 0 Å². The molecule has 144 valence electrons. The molecule has 0 heteroatoms. The Bertz CT molecular complexity index is 228. The van der Waals surface area contributed by atoms with Crippen molar-refractivity contribution in [1.82, 2.24) is 0 Å². The van der Waals surface area contributed by atoms with Gasteiger partial charge in [-0.1, -0.05) is 129 Å². The Kier molecular flexibility index (Phi) is 22.5. The van der Waals surface area contributed by atoms with Crippen molar-refractivity contribution in [2.75, 3.05) is 0 Å². The lowest BCUT2D eigenvalue weighted by Crippen LogP contribution is -1.82. The summed E-state index contributed by atoms with van der Waals surface area (Å²) >= 11 is 0. The number of allylic oxidation sites excluding steroid dienone is 2. The summed E-state index contributed by atoms with van der Waals surface area (Å²) in [6.07, 6.45) is 33.4. The zero-order chi connectivity index (χ0) is 17.6. The van der Waals surface area contributed by atoms with E-state index in [1.807, 2.05) is 0 Å². The molecule has 0 nitrogen and oxygen atoms in total. The van der Waals surface area contributed by atoms with E-state index in [-0.39, 0.29) is 0 Å². The van der Waals surface area contributed by atoms with Crippen LogP contribution in [0.4, 0.5) is 0 Å². The molecule has 0 unspecified atom stereocenters. The van der Waals surface area contributed by atoms with Crippen molar-refractivity contribution in [2.24, 2.45) is 0 Å². The first kappa shape index (κ1) is 23.7. The lowest BCUT2D eigenvalue weighted by molar-refractivity contribution is 0.550. The molecule has 0 N–H and O–H groups in total. The molecule has 0 heterocycles. The molecule has 0 aliphatic rings. The fraction of sp³-hybridized carbons (Fsp3) is 0.917. The fourth-order valence-corrected chi connectivity index (χ4v) is 3.38. The number of rotatable bonds is 20. The smallest absolute Gasteiger partial charge is 0.0351 e. The predicted octanol–water partition coefficient (Wildman–Crippen LogP) is 9.38. The van der Waals surface area contributed by atoms with Gasteiger partial charge in [0.2, 0.25) is 0 Å². The van der Waals surface area contributed by atoms with E-state index in [0.29, 0.717) is 0 Å². The summed E-state index contributed by atoms with van der Waals surface area (Å²) in [7, 11) is 0. The molecule has 0 aliphatic heterocycles. The van der Waals surface area contributed by atoms with Crippen LogP contribution in [0.2, 0.25) is 0 Å². The lowest BCUT2D eigenvalue weighted by atomic mass is 10.0.